The Bertz CT molecular complexity index is 1020. The van der Waals surface area contributed by atoms with E-state index in [1.807, 2.05) is 36.9 Å². The van der Waals surface area contributed by atoms with Crippen molar-refractivity contribution >= 4 is 11.8 Å². The van der Waals surface area contributed by atoms with Crippen LogP contribution in [-0.2, 0) is 11.3 Å². The third-order valence-electron chi connectivity index (χ3n) is 6.03. The molecule has 2 aliphatic rings. The third kappa shape index (κ3) is 5.55. The van der Waals surface area contributed by atoms with Gasteiger partial charge < -0.3 is 28.7 Å². The molecule has 8 heteroatoms. The topological polar surface area (TPSA) is 77.5 Å². The molecule has 8 nitrogen and oxygen atoms in total. The number of fused-ring (bicyclic) bond motifs is 1. The van der Waals surface area contributed by atoms with Crippen LogP contribution in [-0.4, -0.2) is 61.3 Å². The van der Waals surface area contributed by atoms with E-state index in [-0.39, 0.29) is 25.2 Å². The van der Waals surface area contributed by atoms with E-state index in [9.17, 15) is 9.59 Å². The molecule has 4 rings (SSSR count). The predicted molar refractivity (Wildman–Crippen MR) is 127 cm³/mol. The maximum atomic E-state index is 13.3. The zero-order valence-electron chi connectivity index (χ0n) is 19.9. The fraction of sp³-hybridized carbons (Fsp3) is 0.462. The quantitative estimate of drug-likeness (QED) is 0.556. The van der Waals surface area contributed by atoms with E-state index < -0.39 is 0 Å². The minimum absolute atomic E-state index is 0.0248. The number of carbonyl (C=O) groups excluding carboxylic acids is 2. The van der Waals surface area contributed by atoms with E-state index >= 15 is 0 Å². The molecular weight excluding hydrogens is 436 g/mol. The fourth-order valence-corrected chi connectivity index (χ4v) is 4.17. The normalized spacial score (nSPS) is 14.6. The van der Waals surface area contributed by atoms with Crippen molar-refractivity contribution in [1.82, 2.24) is 9.80 Å². The van der Waals surface area contributed by atoms with Crippen LogP contribution in [0.15, 0.2) is 36.4 Å². The van der Waals surface area contributed by atoms with E-state index in [2.05, 4.69) is 0 Å². The van der Waals surface area contributed by atoms with Crippen molar-refractivity contribution in [3.05, 3.63) is 47.5 Å². The lowest BCUT2D eigenvalue weighted by atomic mass is 10.1. The highest BCUT2D eigenvalue weighted by Gasteiger charge is 2.21. The number of ether oxygens (including phenoxy) is 4. The van der Waals surface area contributed by atoms with Gasteiger partial charge in [0, 0.05) is 31.7 Å². The van der Waals surface area contributed by atoms with Gasteiger partial charge in [0.05, 0.1) is 6.61 Å². The summed E-state index contributed by atoms with van der Waals surface area (Å²) in [4.78, 5) is 29.3. The van der Waals surface area contributed by atoms with Crippen LogP contribution in [0.3, 0.4) is 0 Å². The van der Waals surface area contributed by atoms with Gasteiger partial charge in [-0.15, -0.1) is 0 Å². The standard InChI is InChI=1S/C26H32N2O6/c1-3-27(16-19-8-10-22-23(14-19)34-18-33-22)26(30)20-9-11-21(24(15-20)31-4-2)32-17-25(29)28-12-6-5-7-13-28/h8-11,14-15H,3-7,12-13,16-18H2,1-2H3. The summed E-state index contributed by atoms with van der Waals surface area (Å²) in [6, 6.07) is 10.8. The Balaban J connectivity index is 1.44. The van der Waals surface area contributed by atoms with E-state index in [0.717, 1.165) is 37.9 Å². The average Bonchev–Trinajstić information content (AvgIpc) is 3.34. The van der Waals surface area contributed by atoms with Crippen molar-refractivity contribution in [3.63, 3.8) is 0 Å². The summed E-state index contributed by atoms with van der Waals surface area (Å²) >= 11 is 0. The highest BCUT2D eigenvalue weighted by molar-refractivity contribution is 5.95. The van der Waals surface area contributed by atoms with Crippen molar-refractivity contribution in [2.45, 2.75) is 39.7 Å². The number of benzene rings is 2. The zero-order chi connectivity index (χ0) is 23.9. The molecule has 2 heterocycles. The van der Waals surface area contributed by atoms with Crippen LogP contribution in [0.4, 0.5) is 0 Å². The van der Waals surface area contributed by atoms with Gasteiger partial charge in [-0.3, -0.25) is 9.59 Å². The van der Waals surface area contributed by atoms with Gasteiger partial charge in [-0.2, -0.15) is 0 Å². The molecule has 2 aliphatic heterocycles. The van der Waals surface area contributed by atoms with Gasteiger partial charge in [0.2, 0.25) is 6.79 Å². The number of likely N-dealkylation sites (tertiary alicyclic amines) is 1. The van der Waals surface area contributed by atoms with E-state index in [1.54, 1.807) is 23.1 Å². The van der Waals surface area contributed by atoms with Crippen molar-refractivity contribution in [2.24, 2.45) is 0 Å². The Morgan fingerprint density at radius 1 is 0.941 bits per heavy atom. The lowest BCUT2D eigenvalue weighted by molar-refractivity contribution is -0.134. The molecule has 1 saturated heterocycles. The largest absolute Gasteiger partial charge is 0.490 e. The number of nitrogens with zero attached hydrogens (tertiary/aromatic N) is 2. The van der Waals surface area contributed by atoms with E-state index in [1.165, 1.54) is 0 Å². The Morgan fingerprint density at radius 2 is 1.74 bits per heavy atom. The molecule has 0 aliphatic carbocycles. The second-order valence-electron chi connectivity index (χ2n) is 8.33. The van der Waals surface area contributed by atoms with Crippen molar-refractivity contribution < 1.29 is 28.5 Å². The van der Waals surface area contributed by atoms with Crippen molar-refractivity contribution in [1.29, 1.82) is 0 Å². The molecule has 1 fully saturated rings. The SMILES string of the molecule is CCOc1cc(C(=O)N(CC)Cc2ccc3c(c2)OCO3)ccc1OCC(=O)N1CCCCC1. The second-order valence-corrected chi connectivity index (χ2v) is 8.33. The minimum atomic E-state index is -0.114. The summed E-state index contributed by atoms with van der Waals surface area (Å²) in [6.07, 6.45) is 3.23. The van der Waals surface area contributed by atoms with Crippen LogP contribution in [0.25, 0.3) is 0 Å². The molecule has 2 amide bonds. The summed E-state index contributed by atoms with van der Waals surface area (Å²) in [5.74, 6) is 2.19. The lowest BCUT2D eigenvalue weighted by Crippen LogP contribution is -2.38. The molecule has 2 aromatic rings. The first-order valence-electron chi connectivity index (χ1n) is 11.9. The summed E-state index contributed by atoms with van der Waals surface area (Å²) in [5, 5.41) is 0. The van der Waals surface area contributed by atoms with Crippen LogP contribution >= 0.6 is 0 Å². The molecule has 0 spiro atoms. The maximum Gasteiger partial charge on any atom is 0.260 e. The predicted octanol–water partition coefficient (Wildman–Crippen LogP) is 3.87. The summed E-state index contributed by atoms with van der Waals surface area (Å²) in [7, 11) is 0. The van der Waals surface area contributed by atoms with Crippen LogP contribution in [0.5, 0.6) is 23.0 Å². The number of piperidine rings is 1. The smallest absolute Gasteiger partial charge is 0.260 e. The second kappa shape index (κ2) is 11.1. The van der Waals surface area contributed by atoms with Gasteiger partial charge >= 0.3 is 0 Å². The number of carbonyl (C=O) groups is 2. The molecule has 2 aromatic carbocycles. The summed E-state index contributed by atoms with van der Waals surface area (Å²) in [5.41, 5.74) is 1.46. The van der Waals surface area contributed by atoms with Crippen LogP contribution in [0, 0.1) is 0 Å². The minimum Gasteiger partial charge on any atom is -0.490 e. The molecule has 0 aromatic heterocycles. The fourth-order valence-electron chi connectivity index (χ4n) is 4.17. The zero-order valence-corrected chi connectivity index (χ0v) is 19.9. The Morgan fingerprint density at radius 3 is 2.50 bits per heavy atom. The van der Waals surface area contributed by atoms with Gasteiger partial charge in [0.25, 0.3) is 11.8 Å². The molecule has 0 saturated carbocycles. The molecular formula is C26H32N2O6. The third-order valence-corrected chi connectivity index (χ3v) is 6.03. The first-order chi connectivity index (χ1) is 16.6. The van der Waals surface area contributed by atoms with Gasteiger partial charge in [-0.1, -0.05) is 6.07 Å². The molecule has 0 bridgehead atoms. The molecule has 0 N–H and O–H groups in total. The Labute approximate surface area is 200 Å². The lowest BCUT2D eigenvalue weighted by Gasteiger charge is -2.26. The monoisotopic (exact) mass is 468 g/mol. The maximum absolute atomic E-state index is 13.3. The van der Waals surface area contributed by atoms with Crippen molar-refractivity contribution in [3.8, 4) is 23.0 Å². The highest BCUT2D eigenvalue weighted by atomic mass is 16.7. The highest BCUT2D eigenvalue weighted by Crippen LogP contribution is 2.33. The first-order valence-corrected chi connectivity index (χ1v) is 11.9. The van der Waals surface area contributed by atoms with Gasteiger partial charge in [-0.25, -0.2) is 0 Å². The Kier molecular flexibility index (Phi) is 7.77. The summed E-state index contributed by atoms with van der Waals surface area (Å²) in [6.45, 7) is 6.95. The Hall–Kier alpha value is -3.42. The number of hydrogen-bond acceptors (Lipinski definition) is 6. The van der Waals surface area contributed by atoms with E-state index in [0.29, 0.717) is 48.3 Å². The average molecular weight is 469 g/mol. The molecule has 34 heavy (non-hydrogen) atoms. The number of hydrogen-bond donors (Lipinski definition) is 0. The van der Waals surface area contributed by atoms with Crippen LogP contribution < -0.4 is 18.9 Å². The number of rotatable bonds is 9. The first kappa shape index (κ1) is 23.7. The van der Waals surface area contributed by atoms with Gasteiger partial charge in [0.15, 0.2) is 29.6 Å². The van der Waals surface area contributed by atoms with Crippen molar-refractivity contribution in [2.75, 3.05) is 39.6 Å². The molecule has 0 unspecified atom stereocenters. The molecule has 0 atom stereocenters. The summed E-state index contributed by atoms with van der Waals surface area (Å²) < 4.78 is 22.4. The van der Waals surface area contributed by atoms with E-state index in [4.69, 9.17) is 18.9 Å². The molecule has 0 radical (unpaired) electrons. The van der Waals surface area contributed by atoms with Gasteiger partial charge in [0.1, 0.15) is 0 Å². The number of amides is 2. The van der Waals surface area contributed by atoms with Crippen LogP contribution in [0.2, 0.25) is 0 Å². The van der Waals surface area contributed by atoms with Crippen LogP contribution in [0.1, 0.15) is 49.0 Å². The van der Waals surface area contributed by atoms with Gasteiger partial charge in [-0.05, 0) is 69.0 Å². The molecule has 182 valence electrons.